The molecule has 0 atom stereocenters. The minimum absolute atomic E-state index is 0.380. The third-order valence-electron chi connectivity index (χ3n) is 4.76. The number of morpholine rings is 1. The van der Waals surface area contributed by atoms with Gasteiger partial charge in [0.15, 0.2) is 5.82 Å². The number of aromatic nitrogens is 3. The predicted molar refractivity (Wildman–Crippen MR) is 120 cm³/mol. The van der Waals surface area contributed by atoms with E-state index in [-0.39, 0.29) is 0 Å². The number of methoxy groups -OCH3 is 2. The molecule has 4 rings (SSSR count). The van der Waals surface area contributed by atoms with Crippen molar-refractivity contribution < 1.29 is 14.2 Å². The van der Waals surface area contributed by atoms with Crippen molar-refractivity contribution in [1.29, 1.82) is 0 Å². The number of hydrogen-bond donors (Lipinski definition) is 2. The highest BCUT2D eigenvalue weighted by atomic mass is 35.5. The van der Waals surface area contributed by atoms with E-state index >= 15 is 0 Å². The fraction of sp³-hybridized carbons (Fsp3) is 0.286. The van der Waals surface area contributed by atoms with Gasteiger partial charge < -0.3 is 29.7 Å². The van der Waals surface area contributed by atoms with E-state index in [2.05, 4.69) is 30.5 Å². The Morgan fingerprint density at radius 2 is 1.84 bits per heavy atom. The molecule has 0 saturated carbocycles. The third kappa shape index (κ3) is 5.07. The van der Waals surface area contributed by atoms with Gasteiger partial charge in [-0.15, -0.1) is 0 Å². The number of nitrogens with one attached hydrogen (secondary N) is 2. The normalized spacial score (nSPS) is 13.6. The number of ether oxygens (including phenoxy) is 3. The average molecular weight is 443 g/mol. The molecule has 1 saturated heterocycles. The Hall–Kier alpha value is -3.30. The van der Waals surface area contributed by atoms with E-state index in [0.717, 1.165) is 43.4 Å². The molecule has 1 aliphatic heterocycles. The molecule has 31 heavy (non-hydrogen) atoms. The molecule has 0 amide bonds. The molecule has 1 aromatic carbocycles. The fourth-order valence-electron chi connectivity index (χ4n) is 3.15. The van der Waals surface area contributed by atoms with Crippen molar-refractivity contribution in [2.45, 2.75) is 0 Å². The first-order valence-electron chi connectivity index (χ1n) is 9.73. The van der Waals surface area contributed by atoms with Crippen LogP contribution >= 0.6 is 11.6 Å². The largest absolute Gasteiger partial charge is 0.494 e. The molecule has 3 heterocycles. The number of nitrogens with zero attached hydrogens (tertiary/aromatic N) is 4. The lowest BCUT2D eigenvalue weighted by Gasteiger charge is -2.29. The molecule has 3 aromatic rings. The monoisotopic (exact) mass is 442 g/mol. The average Bonchev–Trinajstić information content (AvgIpc) is 2.82. The van der Waals surface area contributed by atoms with Gasteiger partial charge in [-0.2, -0.15) is 4.98 Å². The van der Waals surface area contributed by atoms with Crippen molar-refractivity contribution in [3.05, 3.63) is 47.7 Å². The summed E-state index contributed by atoms with van der Waals surface area (Å²) < 4.78 is 16.1. The quantitative estimate of drug-likeness (QED) is 0.565. The van der Waals surface area contributed by atoms with Gasteiger partial charge in [-0.1, -0.05) is 11.6 Å². The Balaban J connectivity index is 1.52. The first-order chi connectivity index (χ1) is 15.2. The predicted octanol–water partition coefficient (Wildman–Crippen LogP) is 3.87. The van der Waals surface area contributed by atoms with Gasteiger partial charge in [0.25, 0.3) is 0 Å². The molecule has 162 valence electrons. The molecule has 0 aliphatic carbocycles. The summed E-state index contributed by atoms with van der Waals surface area (Å²) in [6.45, 7) is 3.15. The summed E-state index contributed by atoms with van der Waals surface area (Å²) in [5, 5.41) is 6.73. The first kappa shape index (κ1) is 21.0. The van der Waals surface area contributed by atoms with E-state index in [9.17, 15) is 0 Å². The summed E-state index contributed by atoms with van der Waals surface area (Å²) >= 11 is 6.27. The van der Waals surface area contributed by atoms with Crippen LogP contribution in [0.5, 0.6) is 11.6 Å². The van der Waals surface area contributed by atoms with Crippen molar-refractivity contribution in [3.8, 4) is 11.6 Å². The molecule has 0 unspecified atom stereocenters. The van der Waals surface area contributed by atoms with E-state index in [0.29, 0.717) is 28.4 Å². The lowest BCUT2D eigenvalue weighted by atomic mass is 10.2. The van der Waals surface area contributed by atoms with Crippen LogP contribution in [0.25, 0.3) is 0 Å². The second-order valence-corrected chi connectivity index (χ2v) is 7.12. The number of anilines is 5. The van der Waals surface area contributed by atoms with Gasteiger partial charge in [0.05, 0.1) is 51.2 Å². The smallest absolute Gasteiger partial charge is 0.229 e. The minimum Gasteiger partial charge on any atom is -0.494 e. The molecular formula is C21H23ClN6O3. The summed E-state index contributed by atoms with van der Waals surface area (Å²) in [6, 6.07) is 9.55. The molecule has 0 radical (unpaired) electrons. The van der Waals surface area contributed by atoms with Crippen LogP contribution in [-0.2, 0) is 4.74 Å². The van der Waals surface area contributed by atoms with Crippen LogP contribution in [-0.4, -0.2) is 55.5 Å². The second-order valence-electron chi connectivity index (χ2n) is 6.71. The maximum atomic E-state index is 6.27. The summed E-state index contributed by atoms with van der Waals surface area (Å²) in [5.74, 6) is 2.05. The van der Waals surface area contributed by atoms with Crippen LogP contribution in [0.15, 0.2) is 42.7 Å². The molecule has 0 bridgehead atoms. The summed E-state index contributed by atoms with van der Waals surface area (Å²) in [6.07, 6.45) is 3.17. The molecule has 2 N–H and O–H groups in total. The number of rotatable bonds is 7. The van der Waals surface area contributed by atoms with Crippen LogP contribution in [0.3, 0.4) is 0 Å². The SMILES string of the molecule is COc1ccc(Nc2nc(Nc3ccc(N4CCOCC4)cc3OC)ncc2Cl)cn1. The maximum Gasteiger partial charge on any atom is 0.229 e. The maximum absolute atomic E-state index is 6.27. The molecule has 1 fully saturated rings. The van der Waals surface area contributed by atoms with Gasteiger partial charge in [-0.3, -0.25) is 0 Å². The van der Waals surface area contributed by atoms with E-state index in [1.165, 1.54) is 6.20 Å². The van der Waals surface area contributed by atoms with Crippen molar-refractivity contribution in [2.24, 2.45) is 0 Å². The Morgan fingerprint density at radius 1 is 1.00 bits per heavy atom. The van der Waals surface area contributed by atoms with Crippen LogP contribution in [0.4, 0.5) is 28.8 Å². The van der Waals surface area contributed by atoms with Gasteiger partial charge in [-0.05, 0) is 18.2 Å². The van der Waals surface area contributed by atoms with Crippen LogP contribution < -0.4 is 25.0 Å². The van der Waals surface area contributed by atoms with Crippen molar-refractivity contribution in [1.82, 2.24) is 15.0 Å². The van der Waals surface area contributed by atoms with Crippen LogP contribution in [0.2, 0.25) is 5.02 Å². The first-order valence-corrected chi connectivity index (χ1v) is 10.1. The van der Waals surface area contributed by atoms with Crippen molar-refractivity contribution >= 4 is 40.4 Å². The van der Waals surface area contributed by atoms with Crippen molar-refractivity contribution in [2.75, 3.05) is 56.1 Å². The van der Waals surface area contributed by atoms with Gasteiger partial charge in [0.2, 0.25) is 11.8 Å². The molecule has 0 spiro atoms. The Labute approximate surface area is 185 Å². The summed E-state index contributed by atoms with van der Waals surface area (Å²) in [4.78, 5) is 15.2. The molecule has 2 aromatic heterocycles. The molecule has 10 heteroatoms. The van der Waals surface area contributed by atoms with Crippen molar-refractivity contribution in [3.63, 3.8) is 0 Å². The number of halogens is 1. The Kier molecular flexibility index (Phi) is 6.54. The Morgan fingerprint density at radius 3 is 2.55 bits per heavy atom. The number of pyridine rings is 1. The lowest BCUT2D eigenvalue weighted by molar-refractivity contribution is 0.122. The second kappa shape index (κ2) is 9.67. The van der Waals surface area contributed by atoms with E-state index < -0.39 is 0 Å². The summed E-state index contributed by atoms with van der Waals surface area (Å²) in [5.41, 5.74) is 2.55. The zero-order valence-electron chi connectivity index (χ0n) is 17.3. The Bertz CT molecular complexity index is 1030. The van der Waals surface area contributed by atoms with E-state index in [4.69, 9.17) is 25.8 Å². The van der Waals surface area contributed by atoms with E-state index in [1.807, 2.05) is 24.3 Å². The standard InChI is InChI=1S/C21H23ClN6O3/c1-29-18-11-15(28-7-9-31-10-8-28)4-5-17(18)26-21-24-13-16(22)20(27-21)25-14-3-6-19(30-2)23-12-14/h3-6,11-13H,7-10H2,1-2H3,(H2,24,25,26,27). The summed E-state index contributed by atoms with van der Waals surface area (Å²) in [7, 11) is 3.20. The van der Waals surface area contributed by atoms with Crippen LogP contribution in [0.1, 0.15) is 0 Å². The molecule has 9 nitrogen and oxygen atoms in total. The van der Waals surface area contributed by atoms with E-state index in [1.54, 1.807) is 26.5 Å². The number of hydrogen-bond acceptors (Lipinski definition) is 9. The highest BCUT2D eigenvalue weighted by molar-refractivity contribution is 6.32. The molecule has 1 aliphatic rings. The minimum atomic E-state index is 0.380. The van der Waals surface area contributed by atoms with Crippen LogP contribution in [0, 0.1) is 0 Å². The lowest BCUT2D eigenvalue weighted by Crippen LogP contribution is -2.36. The highest BCUT2D eigenvalue weighted by Gasteiger charge is 2.15. The van der Waals surface area contributed by atoms with Gasteiger partial charge in [-0.25, -0.2) is 9.97 Å². The number of benzene rings is 1. The fourth-order valence-corrected chi connectivity index (χ4v) is 3.29. The topological polar surface area (TPSA) is 93.7 Å². The van der Waals surface area contributed by atoms with Gasteiger partial charge in [0.1, 0.15) is 10.8 Å². The molecular weight excluding hydrogens is 420 g/mol. The van der Waals surface area contributed by atoms with Gasteiger partial charge in [0, 0.05) is 30.9 Å². The third-order valence-corrected chi connectivity index (χ3v) is 5.04. The highest BCUT2D eigenvalue weighted by Crippen LogP contribution is 2.32. The zero-order chi connectivity index (χ0) is 21.6. The van der Waals surface area contributed by atoms with Gasteiger partial charge >= 0.3 is 0 Å². The zero-order valence-corrected chi connectivity index (χ0v) is 18.0.